The summed E-state index contributed by atoms with van der Waals surface area (Å²) in [5.41, 5.74) is -4.24. The van der Waals surface area contributed by atoms with Crippen LogP contribution in [0.3, 0.4) is 0 Å². The second kappa shape index (κ2) is 7.65. The Morgan fingerprint density at radius 3 is 1.76 bits per heavy atom. The molecule has 8 nitrogen and oxygen atoms in total. The molecular weight excluding hydrogens is 419 g/mol. The van der Waals surface area contributed by atoms with Crippen LogP contribution in [0, 0.1) is 11.5 Å². The van der Waals surface area contributed by atoms with Gasteiger partial charge in [0.15, 0.2) is 0 Å². The lowest BCUT2D eigenvalue weighted by Crippen LogP contribution is -2.62. The van der Waals surface area contributed by atoms with Crippen LogP contribution in [0.1, 0.15) is 41.5 Å². The van der Waals surface area contributed by atoms with Gasteiger partial charge in [-0.3, -0.25) is 19.2 Å². The Hall–Kier alpha value is -2.06. The lowest BCUT2D eigenvalue weighted by atomic mass is 9.88. The summed E-state index contributed by atoms with van der Waals surface area (Å²) in [7, 11) is 0. The molecule has 0 saturated carbocycles. The number of allylic oxidation sites excluding steroid dienone is 2. The first-order valence-corrected chi connectivity index (χ1v) is 9.73. The van der Waals surface area contributed by atoms with Gasteiger partial charge in [0.25, 0.3) is 0 Å². The molecule has 29 heavy (non-hydrogen) atoms. The molecule has 2 rings (SSSR count). The quantitative estimate of drug-likeness (QED) is 0.421. The number of nitrogens with one attached hydrogen (secondary N) is 4. The van der Waals surface area contributed by atoms with Crippen molar-refractivity contribution in [2.24, 2.45) is 5.41 Å². The Labute approximate surface area is 179 Å². The van der Waals surface area contributed by atoms with Crippen LogP contribution in [0.5, 0.6) is 0 Å². The van der Waals surface area contributed by atoms with Gasteiger partial charge >= 0.3 is 0 Å². The molecule has 1 heterocycles. The molecule has 1 fully saturated rings. The Morgan fingerprint density at radius 1 is 0.759 bits per heavy atom. The maximum atomic E-state index is 12.8. The van der Waals surface area contributed by atoms with E-state index in [1.807, 2.05) is 0 Å². The Balaban J connectivity index is 2.52. The van der Waals surface area contributed by atoms with Crippen molar-refractivity contribution in [2.75, 3.05) is 0 Å². The van der Waals surface area contributed by atoms with Crippen LogP contribution in [-0.4, -0.2) is 40.7 Å². The Morgan fingerprint density at radius 2 is 1.24 bits per heavy atom. The number of carbonyl (C=O) groups excluding carboxylic acids is 4. The second-order valence-corrected chi connectivity index (χ2v) is 9.47. The van der Waals surface area contributed by atoms with Gasteiger partial charge in [-0.2, -0.15) is 0 Å². The van der Waals surface area contributed by atoms with Gasteiger partial charge in [0.2, 0.25) is 23.6 Å². The number of hydrogen-bond donors (Lipinski definition) is 4. The van der Waals surface area contributed by atoms with Crippen LogP contribution in [-0.2, 0) is 19.2 Å². The van der Waals surface area contributed by atoms with E-state index in [1.54, 1.807) is 0 Å². The minimum Gasteiger partial charge on any atom is -0.345 e. The number of fused-ring (bicyclic) bond motifs is 1. The minimum absolute atomic E-state index is 0.187. The van der Waals surface area contributed by atoms with E-state index < -0.39 is 46.2 Å². The first kappa shape index (κ1) is 23.2. The number of rotatable bonds is 0. The highest BCUT2D eigenvalue weighted by Crippen LogP contribution is 2.30. The molecule has 0 spiro atoms. The van der Waals surface area contributed by atoms with Gasteiger partial charge in [0, 0.05) is 0 Å². The number of hydrogen-bond acceptors (Lipinski definition) is 4. The third kappa shape index (κ3) is 4.75. The molecule has 1 atom stereocenters. The summed E-state index contributed by atoms with van der Waals surface area (Å²) in [5, 5.41) is 11.0. The van der Waals surface area contributed by atoms with E-state index in [4.69, 9.17) is 23.2 Å². The minimum atomic E-state index is -1.53. The average Bonchev–Trinajstić information content (AvgIpc) is 2.57. The maximum absolute atomic E-state index is 12.8. The molecule has 0 aromatic heterocycles. The highest BCUT2D eigenvalue weighted by molar-refractivity contribution is 6.44. The van der Waals surface area contributed by atoms with Gasteiger partial charge in [-0.25, -0.2) is 0 Å². The lowest BCUT2D eigenvalue weighted by Gasteiger charge is -2.32. The molecule has 1 radical (unpaired) electrons. The van der Waals surface area contributed by atoms with E-state index in [1.165, 1.54) is 53.7 Å². The summed E-state index contributed by atoms with van der Waals surface area (Å²) >= 11 is 12.2. The van der Waals surface area contributed by atoms with Crippen molar-refractivity contribution in [3.63, 3.8) is 0 Å². The molecule has 0 aromatic carbocycles. The van der Waals surface area contributed by atoms with E-state index in [0.717, 1.165) is 0 Å². The fourth-order valence-corrected chi connectivity index (χ4v) is 2.91. The van der Waals surface area contributed by atoms with E-state index in [9.17, 15) is 19.2 Å². The fourth-order valence-electron chi connectivity index (χ4n) is 2.55. The summed E-state index contributed by atoms with van der Waals surface area (Å²) in [5.74, 6) is -2.41. The lowest BCUT2D eigenvalue weighted by molar-refractivity contribution is -0.146. The zero-order valence-electron chi connectivity index (χ0n) is 17.1. The molecule has 1 aliphatic carbocycles. The van der Waals surface area contributed by atoms with Gasteiger partial charge in [0.05, 0.1) is 16.1 Å². The molecule has 4 amide bonds. The summed E-state index contributed by atoms with van der Waals surface area (Å²) < 4.78 is 0. The van der Waals surface area contributed by atoms with Crippen LogP contribution < -0.4 is 21.3 Å². The van der Waals surface area contributed by atoms with Crippen molar-refractivity contribution in [2.45, 2.75) is 58.7 Å². The Bertz CT molecular complexity index is 764. The molecule has 1 unspecified atom stereocenters. The summed E-state index contributed by atoms with van der Waals surface area (Å²) in [6, 6.07) is -0.515. The summed E-state index contributed by atoms with van der Waals surface area (Å²) in [6.07, 6.45) is 2.91. The van der Waals surface area contributed by atoms with Gasteiger partial charge in [-0.1, -0.05) is 23.2 Å². The van der Waals surface area contributed by atoms with Crippen LogP contribution in [0.2, 0.25) is 0 Å². The first-order chi connectivity index (χ1) is 13.1. The monoisotopic (exact) mass is 443 g/mol. The van der Waals surface area contributed by atoms with Crippen LogP contribution in [0.15, 0.2) is 22.2 Å². The van der Waals surface area contributed by atoms with Crippen molar-refractivity contribution in [3.8, 4) is 0 Å². The molecule has 0 bridgehead atoms. The molecule has 2 aliphatic rings. The van der Waals surface area contributed by atoms with Crippen LogP contribution >= 0.6 is 23.2 Å². The molecule has 1 aliphatic heterocycles. The highest BCUT2D eigenvalue weighted by Gasteiger charge is 2.45. The first-order valence-electron chi connectivity index (χ1n) is 8.97. The predicted octanol–water partition coefficient (Wildman–Crippen LogP) is 1.21. The van der Waals surface area contributed by atoms with Crippen molar-refractivity contribution in [1.82, 2.24) is 21.3 Å². The van der Waals surface area contributed by atoms with E-state index in [2.05, 4.69) is 21.3 Å². The van der Waals surface area contributed by atoms with Gasteiger partial charge in [0.1, 0.15) is 22.5 Å². The van der Waals surface area contributed by atoms with Crippen molar-refractivity contribution >= 4 is 46.8 Å². The summed E-state index contributed by atoms with van der Waals surface area (Å²) in [4.78, 5) is 51.2. The average molecular weight is 444 g/mol. The van der Waals surface area contributed by atoms with Crippen molar-refractivity contribution in [1.29, 1.82) is 0 Å². The Kier molecular flexibility index (Phi) is 6.12. The van der Waals surface area contributed by atoms with Crippen molar-refractivity contribution in [3.05, 3.63) is 28.3 Å². The van der Waals surface area contributed by atoms with Crippen molar-refractivity contribution < 1.29 is 19.2 Å². The third-order valence-electron chi connectivity index (χ3n) is 4.83. The largest absolute Gasteiger partial charge is 0.345 e. The predicted molar refractivity (Wildman–Crippen MR) is 109 cm³/mol. The smallest absolute Gasteiger partial charge is 0.246 e. The standard InChI is InChI=1S/C19H25Cl2N4O4/c1-17(2)13(26)24-18(3,4)15(28)22-11-7-9(20)10(21)8-12(11)23-16(29)19(5,6)25-14(17)27/h7-8,11H,1-6H3,(H,22,28)(H,23,29)(H,24,26)(H,25,27). The molecule has 10 heteroatoms. The second-order valence-electron chi connectivity index (χ2n) is 8.65. The van der Waals surface area contributed by atoms with Gasteiger partial charge in [-0.15, -0.1) is 0 Å². The SMILES string of the molecule is CC1(C)NC(=O)C(C)(C)C(=O)NC(C)(C)C(=O)NC2C=C(Cl)C(Cl)=C[C]2NC1=O. The molecule has 4 N–H and O–H groups in total. The van der Waals surface area contributed by atoms with E-state index in [-0.39, 0.29) is 16.1 Å². The molecule has 0 aromatic rings. The molecule has 159 valence electrons. The zero-order valence-corrected chi connectivity index (χ0v) is 18.6. The normalized spacial score (nSPS) is 27.4. The van der Waals surface area contributed by atoms with Gasteiger partial charge in [-0.05, 0) is 53.7 Å². The summed E-state index contributed by atoms with van der Waals surface area (Å²) in [6.45, 7) is 8.85. The van der Waals surface area contributed by atoms with Gasteiger partial charge < -0.3 is 21.3 Å². The molecule has 1 saturated heterocycles. The van der Waals surface area contributed by atoms with E-state index >= 15 is 0 Å². The van der Waals surface area contributed by atoms with E-state index in [0.29, 0.717) is 0 Å². The number of carbonyl (C=O) groups is 4. The fraction of sp³-hybridized carbons (Fsp3) is 0.526. The highest BCUT2D eigenvalue weighted by atomic mass is 35.5. The maximum Gasteiger partial charge on any atom is 0.246 e. The third-order valence-corrected chi connectivity index (χ3v) is 5.56. The molecular formula is C19H25Cl2N4O4. The van der Waals surface area contributed by atoms with Crippen LogP contribution in [0.4, 0.5) is 0 Å². The van der Waals surface area contributed by atoms with Crippen LogP contribution in [0.25, 0.3) is 0 Å². The number of halogens is 2. The zero-order chi connectivity index (χ0) is 22.4. The topological polar surface area (TPSA) is 116 Å². The number of amides is 4.